The van der Waals surface area contributed by atoms with Crippen LogP contribution in [0.3, 0.4) is 0 Å². The Hall–Kier alpha value is -3.77. The van der Waals surface area contributed by atoms with E-state index in [1.165, 1.54) is 19.1 Å². The Morgan fingerprint density at radius 2 is 1.62 bits per heavy atom. The van der Waals surface area contributed by atoms with Gasteiger partial charge in [0.1, 0.15) is 5.76 Å². The van der Waals surface area contributed by atoms with E-state index in [1.807, 2.05) is 0 Å². The number of benzene rings is 3. The second kappa shape index (κ2) is 8.77. The minimum Gasteiger partial charge on any atom is -0.507 e. The first-order valence-corrected chi connectivity index (χ1v) is 10.2. The van der Waals surface area contributed by atoms with Crippen molar-refractivity contribution in [3.8, 4) is 11.5 Å². The van der Waals surface area contributed by atoms with Gasteiger partial charge in [-0.1, -0.05) is 54.1 Å². The maximum absolute atomic E-state index is 13.2. The van der Waals surface area contributed by atoms with Gasteiger partial charge in [0.05, 0.1) is 25.8 Å². The summed E-state index contributed by atoms with van der Waals surface area (Å²) in [5, 5.41) is 11.5. The van der Waals surface area contributed by atoms with Crippen molar-refractivity contribution in [3.05, 3.63) is 94.5 Å². The molecule has 0 saturated carbocycles. The zero-order chi connectivity index (χ0) is 22.8. The summed E-state index contributed by atoms with van der Waals surface area (Å²) < 4.78 is 10.7. The Morgan fingerprint density at radius 3 is 2.28 bits per heavy atom. The monoisotopic (exact) mass is 449 g/mol. The summed E-state index contributed by atoms with van der Waals surface area (Å²) in [5.41, 5.74) is 1.42. The molecule has 0 bridgehead atoms. The van der Waals surface area contributed by atoms with Gasteiger partial charge in [0.2, 0.25) is 0 Å². The molecule has 1 amide bonds. The highest BCUT2D eigenvalue weighted by Crippen LogP contribution is 2.44. The minimum atomic E-state index is -0.895. The average molecular weight is 450 g/mol. The Balaban J connectivity index is 1.97. The van der Waals surface area contributed by atoms with Crippen molar-refractivity contribution in [3.63, 3.8) is 0 Å². The second-order valence-electron chi connectivity index (χ2n) is 7.13. The fourth-order valence-corrected chi connectivity index (χ4v) is 4.00. The summed E-state index contributed by atoms with van der Waals surface area (Å²) in [6.45, 7) is 0. The number of hydrogen-bond acceptors (Lipinski definition) is 5. The first kappa shape index (κ1) is 21.5. The van der Waals surface area contributed by atoms with E-state index in [2.05, 4.69) is 0 Å². The van der Waals surface area contributed by atoms with Crippen molar-refractivity contribution in [2.45, 2.75) is 6.04 Å². The molecule has 1 fully saturated rings. The van der Waals surface area contributed by atoms with Gasteiger partial charge in [0.15, 0.2) is 11.5 Å². The number of Topliss-reactive ketones (excluding diaryl/α,β-unsaturated/α-hetero) is 1. The zero-order valence-electron chi connectivity index (χ0n) is 17.4. The van der Waals surface area contributed by atoms with Crippen LogP contribution in [0.2, 0.25) is 5.02 Å². The van der Waals surface area contributed by atoms with E-state index in [0.717, 1.165) is 0 Å². The van der Waals surface area contributed by atoms with E-state index in [0.29, 0.717) is 33.3 Å². The molecule has 0 aliphatic carbocycles. The van der Waals surface area contributed by atoms with Crippen LogP contribution in [0.4, 0.5) is 5.69 Å². The lowest BCUT2D eigenvalue weighted by Crippen LogP contribution is -2.29. The van der Waals surface area contributed by atoms with E-state index >= 15 is 0 Å². The largest absolute Gasteiger partial charge is 0.507 e. The van der Waals surface area contributed by atoms with Crippen LogP contribution in [0.5, 0.6) is 11.5 Å². The molecule has 7 heteroatoms. The van der Waals surface area contributed by atoms with Crippen molar-refractivity contribution >= 4 is 34.7 Å². The number of carbonyl (C=O) groups excluding carboxylic acids is 2. The molecule has 1 unspecified atom stereocenters. The number of rotatable bonds is 5. The van der Waals surface area contributed by atoms with Crippen molar-refractivity contribution in [2.24, 2.45) is 0 Å². The molecule has 6 nitrogen and oxygen atoms in total. The maximum atomic E-state index is 13.2. The molecule has 1 N–H and O–H groups in total. The molecule has 3 aromatic rings. The predicted molar refractivity (Wildman–Crippen MR) is 122 cm³/mol. The van der Waals surface area contributed by atoms with Crippen LogP contribution in [-0.2, 0) is 9.59 Å². The number of ether oxygens (including phenoxy) is 2. The SMILES string of the molecule is COc1ccc(C2/C(=C(\O)c3ccccc3)C(=O)C(=O)N2c2cccc(Cl)c2)cc1OC. The van der Waals surface area contributed by atoms with E-state index in [4.69, 9.17) is 21.1 Å². The molecule has 32 heavy (non-hydrogen) atoms. The number of aliphatic hydroxyl groups is 1. The third-order valence-corrected chi connectivity index (χ3v) is 5.54. The van der Waals surface area contributed by atoms with Gasteiger partial charge < -0.3 is 14.6 Å². The first-order chi connectivity index (χ1) is 15.5. The molecule has 1 saturated heterocycles. The fraction of sp³-hybridized carbons (Fsp3) is 0.120. The van der Waals surface area contributed by atoms with Gasteiger partial charge in [-0.25, -0.2) is 0 Å². The van der Waals surface area contributed by atoms with Gasteiger partial charge >= 0.3 is 0 Å². The van der Waals surface area contributed by atoms with Gasteiger partial charge in [-0.15, -0.1) is 0 Å². The van der Waals surface area contributed by atoms with Crippen molar-refractivity contribution in [2.75, 3.05) is 19.1 Å². The van der Waals surface area contributed by atoms with Crippen molar-refractivity contribution in [1.29, 1.82) is 0 Å². The lowest BCUT2D eigenvalue weighted by Gasteiger charge is -2.26. The van der Waals surface area contributed by atoms with Gasteiger partial charge in [0, 0.05) is 16.3 Å². The summed E-state index contributed by atoms with van der Waals surface area (Å²) in [5.74, 6) is -0.871. The number of ketones is 1. The summed E-state index contributed by atoms with van der Waals surface area (Å²) >= 11 is 6.16. The molecule has 4 rings (SSSR count). The fourth-order valence-electron chi connectivity index (χ4n) is 3.81. The number of carbonyl (C=O) groups is 2. The number of anilines is 1. The molecule has 0 spiro atoms. The molecular weight excluding hydrogens is 430 g/mol. The molecule has 0 aromatic heterocycles. The van der Waals surface area contributed by atoms with Gasteiger partial charge in [-0.05, 0) is 35.9 Å². The highest BCUT2D eigenvalue weighted by atomic mass is 35.5. The molecule has 1 atom stereocenters. The molecule has 0 radical (unpaired) electrons. The lowest BCUT2D eigenvalue weighted by molar-refractivity contribution is -0.132. The third kappa shape index (κ3) is 3.69. The van der Waals surface area contributed by atoms with Crippen LogP contribution < -0.4 is 14.4 Å². The molecular formula is C25H20ClNO5. The topological polar surface area (TPSA) is 76.1 Å². The van der Waals surface area contributed by atoms with Crippen LogP contribution in [0.1, 0.15) is 17.2 Å². The second-order valence-corrected chi connectivity index (χ2v) is 7.57. The Bertz CT molecular complexity index is 1220. The van der Waals surface area contributed by atoms with Crippen molar-refractivity contribution < 1.29 is 24.2 Å². The Kier molecular flexibility index (Phi) is 5.88. The summed E-state index contributed by atoms with van der Waals surface area (Å²) in [7, 11) is 3.02. The molecule has 1 aliphatic rings. The summed E-state index contributed by atoms with van der Waals surface area (Å²) in [4.78, 5) is 27.6. The van der Waals surface area contributed by atoms with E-state index in [1.54, 1.807) is 72.8 Å². The normalized spacial score (nSPS) is 17.5. The Labute approximate surface area is 190 Å². The van der Waals surface area contributed by atoms with E-state index in [9.17, 15) is 14.7 Å². The van der Waals surface area contributed by atoms with E-state index < -0.39 is 17.7 Å². The van der Waals surface area contributed by atoms with Crippen LogP contribution in [0.25, 0.3) is 5.76 Å². The summed E-state index contributed by atoms with van der Waals surface area (Å²) in [6, 6.07) is 19.5. The predicted octanol–water partition coefficient (Wildman–Crippen LogP) is 4.98. The van der Waals surface area contributed by atoms with Crippen LogP contribution in [0.15, 0.2) is 78.4 Å². The van der Waals surface area contributed by atoms with E-state index in [-0.39, 0.29) is 11.3 Å². The number of nitrogens with zero attached hydrogens (tertiary/aromatic N) is 1. The minimum absolute atomic E-state index is 0.0200. The molecule has 3 aromatic carbocycles. The van der Waals surface area contributed by atoms with Crippen LogP contribution in [0, 0.1) is 0 Å². The number of amides is 1. The highest BCUT2D eigenvalue weighted by molar-refractivity contribution is 6.51. The number of halogens is 1. The van der Waals surface area contributed by atoms with Crippen molar-refractivity contribution in [1.82, 2.24) is 0 Å². The van der Waals surface area contributed by atoms with Crippen LogP contribution in [-0.4, -0.2) is 31.0 Å². The quantitative estimate of drug-likeness (QED) is 0.337. The zero-order valence-corrected chi connectivity index (χ0v) is 18.2. The number of methoxy groups -OCH3 is 2. The molecule has 162 valence electrons. The smallest absolute Gasteiger partial charge is 0.300 e. The number of hydrogen-bond donors (Lipinski definition) is 1. The first-order valence-electron chi connectivity index (χ1n) is 9.80. The Morgan fingerprint density at radius 1 is 0.906 bits per heavy atom. The lowest BCUT2D eigenvalue weighted by atomic mass is 9.94. The third-order valence-electron chi connectivity index (χ3n) is 5.30. The van der Waals surface area contributed by atoms with Crippen LogP contribution >= 0.6 is 11.6 Å². The standard InChI is InChI=1S/C25H20ClNO5/c1-31-19-12-11-16(13-20(19)32-2)22-21(23(28)15-7-4-3-5-8-15)24(29)25(30)27(22)18-10-6-9-17(26)14-18/h3-14,22,28H,1-2H3/b23-21+. The molecule has 1 aliphatic heterocycles. The average Bonchev–Trinajstić information content (AvgIpc) is 3.09. The van der Waals surface area contributed by atoms with Gasteiger partial charge in [-0.2, -0.15) is 0 Å². The van der Waals surface area contributed by atoms with Gasteiger partial charge in [0.25, 0.3) is 11.7 Å². The number of aliphatic hydroxyl groups excluding tert-OH is 1. The molecule has 1 heterocycles. The summed E-state index contributed by atoms with van der Waals surface area (Å²) in [6.07, 6.45) is 0. The highest BCUT2D eigenvalue weighted by Gasteiger charge is 2.47. The maximum Gasteiger partial charge on any atom is 0.300 e. The van der Waals surface area contributed by atoms with Gasteiger partial charge in [-0.3, -0.25) is 14.5 Å².